The lowest BCUT2D eigenvalue weighted by atomic mass is 9.81. The summed E-state index contributed by atoms with van der Waals surface area (Å²) < 4.78 is 0. The number of amides is 1. The highest BCUT2D eigenvalue weighted by Crippen LogP contribution is 2.29. The number of nitro groups is 1. The lowest BCUT2D eigenvalue weighted by molar-refractivity contribution is -0.385. The molecular formula is C14H20ClN3O3. The Balaban J connectivity index is 3.06. The van der Waals surface area contributed by atoms with Crippen molar-refractivity contribution in [3.05, 3.63) is 33.1 Å². The number of rotatable bonds is 4. The van der Waals surface area contributed by atoms with Gasteiger partial charge < -0.3 is 5.32 Å². The summed E-state index contributed by atoms with van der Waals surface area (Å²) in [5, 5.41) is 13.6. The van der Waals surface area contributed by atoms with Gasteiger partial charge in [0.25, 0.3) is 5.91 Å². The quantitative estimate of drug-likeness (QED) is 0.523. The summed E-state index contributed by atoms with van der Waals surface area (Å²) in [5.74, 6) is -0.528. The van der Waals surface area contributed by atoms with E-state index in [1.165, 1.54) is 12.3 Å². The van der Waals surface area contributed by atoms with Crippen molar-refractivity contribution in [1.82, 2.24) is 10.3 Å². The number of aromatic nitrogens is 1. The molecule has 0 saturated carbocycles. The molecule has 1 N–H and O–H groups in total. The maximum Gasteiger partial charge on any atom is 0.319 e. The van der Waals surface area contributed by atoms with Crippen LogP contribution in [0.4, 0.5) is 5.69 Å². The Kier molecular flexibility index (Phi) is 4.94. The zero-order valence-corrected chi connectivity index (χ0v) is 13.6. The van der Waals surface area contributed by atoms with Crippen LogP contribution in [0.5, 0.6) is 0 Å². The van der Waals surface area contributed by atoms with Gasteiger partial charge >= 0.3 is 5.69 Å². The average Bonchev–Trinajstić information content (AvgIpc) is 2.23. The van der Waals surface area contributed by atoms with E-state index in [9.17, 15) is 14.9 Å². The molecule has 0 radical (unpaired) electrons. The van der Waals surface area contributed by atoms with E-state index in [0.29, 0.717) is 0 Å². The van der Waals surface area contributed by atoms with E-state index >= 15 is 0 Å². The second-order valence-corrected chi connectivity index (χ2v) is 7.19. The molecule has 6 nitrogen and oxygen atoms in total. The molecule has 0 aliphatic carbocycles. The van der Waals surface area contributed by atoms with Gasteiger partial charge in [0.1, 0.15) is 5.56 Å². The van der Waals surface area contributed by atoms with Crippen molar-refractivity contribution < 1.29 is 9.72 Å². The molecule has 116 valence electrons. The Hall–Kier alpha value is -1.69. The number of halogens is 1. The number of carbonyl (C=O) groups is 1. The SMILES string of the molecule is CC(C)(C)CC(C)(C)NC(=O)c1ccnc(Cl)c1[N+](=O)[O-]. The van der Waals surface area contributed by atoms with Crippen LogP contribution in [0.3, 0.4) is 0 Å². The number of carbonyl (C=O) groups excluding carboxylic acids is 1. The summed E-state index contributed by atoms with van der Waals surface area (Å²) in [6, 6.07) is 1.30. The maximum absolute atomic E-state index is 12.3. The van der Waals surface area contributed by atoms with Gasteiger partial charge in [-0.2, -0.15) is 0 Å². The van der Waals surface area contributed by atoms with Crippen molar-refractivity contribution in [3.8, 4) is 0 Å². The molecule has 0 aliphatic heterocycles. The van der Waals surface area contributed by atoms with Gasteiger partial charge in [0.2, 0.25) is 5.15 Å². The second kappa shape index (κ2) is 5.97. The van der Waals surface area contributed by atoms with Crippen LogP contribution in [-0.4, -0.2) is 21.4 Å². The van der Waals surface area contributed by atoms with Crippen molar-refractivity contribution in [3.63, 3.8) is 0 Å². The highest BCUT2D eigenvalue weighted by atomic mass is 35.5. The standard InChI is InChI=1S/C14H20ClN3O3/c1-13(2,3)8-14(4,5)17-12(19)9-6-7-16-11(15)10(9)18(20)21/h6-7H,8H2,1-5H3,(H,17,19). The molecule has 1 aromatic rings. The number of nitrogens with zero attached hydrogens (tertiary/aromatic N) is 2. The van der Waals surface area contributed by atoms with Gasteiger partial charge in [0, 0.05) is 11.7 Å². The Labute approximate surface area is 129 Å². The molecule has 0 spiro atoms. The number of hydrogen-bond donors (Lipinski definition) is 1. The van der Waals surface area contributed by atoms with Crippen molar-refractivity contribution in [2.75, 3.05) is 0 Å². The first-order chi connectivity index (χ1) is 9.43. The Morgan fingerprint density at radius 2 is 1.95 bits per heavy atom. The zero-order chi connectivity index (χ0) is 16.4. The van der Waals surface area contributed by atoms with Crippen LogP contribution in [0, 0.1) is 15.5 Å². The summed E-state index contributed by atoms with van der Waals surface area (Å²) in [6.45, 7) is 9.95. The van der Waals surface area contributed by atoms with Crippen molar-refractivity contribution >= 4 is 23.2 Å². The van der Waals surface area contributed by atoms with Crippen LogP contribution < -0.4 is 5.32 Å². The van der Waals surface area contributed by atoms with Crippen molar-refractivity contribution in [1.29, 1.82) is 0 Å². The van der Waals surface area contributed by atoms with Gasteiger partial charge in [0.05, 0.1) is 4.92 Å². The summed E-state index contributed by atoms with van der Waals surface area (Å²) in [6.07, 6.45) is 2.00. The first-order valence-electron chi connectivity index (χ1n) is 6.54. The minimum absolute atomic E-state index is 0.0125. The van der Waals surface area contributed by atoms with Gasteiger partial charge in [-0.15, -0.1) is 0 Å². The first kappa shape index (κ1) is 17.4. The molecule has 0 aromatic carbocycles. The zero-order valence-electron chi connectivity index (χ0n) is 12.9. The fraction of sp³-hybridized carbons (Fsp3) is 0.571. The van der Waals surface area contributed by atoms with Crippen LogP contribution in [0.2, 0.25) is 5.15 Å². The molecule has 1 aromatic heterocycles. The van der Waals surface area contributed by atoms with Gasteiger partial charge in [-0.1, -0.05) is 32.4 Å². The largest absolute Gasteiger partial charge is 0.347 e. The van der Waals surface area contributed by atoms with E-state index in [-0.39, 0.29) is 16.1 Å². The van der Waals surface area contributed by atoms with Crippen LogP contribution >= 0.6 is 11.6 Å². The van der Waals surface area contributed by atoms with E-state index in [4.69, 9.17) is 11.6 Å². The van der Waals surface area contributed by atoms with Crippen LogP contribution in [0.1, 0.15) is 51.4 Å². The molecule has 21 heavy (non-hydrogen) atoms. The molecule has 0 atom stereocenters. The summed E-state index contributed by atoms with van der Waals surface area (Å²) in [5.41, 5.74) is -1.04. The lowest BCUT2D eigenvalue weighted by Crippen LogP contribution is -2.46. The molecule has 0 saturated heterocycles. The minimum atomic E-state index is -0.693. The lowest BCUT2D eigenvalue weighted by Gasteiger charge is -2.33. The molecule has 0 fully saturated rings. The van der Waals surface area contributed by atoms with E-state index < -0.39 is 22.1 Å². The van der Waals surface area contributed by atoms with Gasteiger partial charge in [-0.05, 0) is 31.7 Å². The third-order valence-corrected chi connectivity index (χ3v) is 3.01. The monoisotopic (exact) mass is 313 g/mol. The number of hydrogen-bond acceptors (Lipinski definition) is 4. The third kappa shape index (κ3) is 4.97. The highest BCUT2D eigenvalue weighted by Gasteiger charge is 2.31. The number of pyridine rings is 1. The Morgan fingerprint density at radius 3 is 2.43 bits per heavy atom. The summed E-state index contributed by atoms with van der Waals surface area (Å²) >= 11 is 5.71. The van der Waals surface area contributed by atoms with E-state index in [2.05, 4.69) is 31.1 Å². The van der Waals surface area contributed by atoms with Crippen LogP contribution in [0.25, 0.3) is 0 Å². The van der Waals surface area contributed by atoms with Crippen LogP contribution in [-0.2, 0) is 0 Å². The summed E-state index contributed by atoms with van der Waals surface area (Å²) in [4.78, 5) is 26.3. The van der Waals surface area contributed by atoms with Crippen molar-refractivity contribution in [2.24, 2.45) is 5.41 Å². The molecule has 1 heterocycles. The molecular weight excluding hydrogens is 294 g/mol. The minimum Gasteiger partial charge on any atom is -0.347 e. The topological polar surface area (TPSA) is 85.1 Å². The normalized spacial score (nSPS) is 12.1. The predicted octanol–water partition coefficient (Wildman–Crippen LogP) is 3.59. The molecule has 0 unspecified atom stereocenters. The smallest absolute Gasteiger partial charge is 0.319 e. The Bertz CT molecular complexity index is 565. The molecule has 1 amide bonds. The number of nitrogens with one attached hydrogen (secondary N) is 1. The fourth-order valence-electron chi connectivity index (χ4n) is 2.53. The molecule has 0 bridgehead atoms. The van der Waals surface area contributed by atoms with Crippen molar-refractivity contribution in [2.45, 2.75) is 46.6 Å². The second-order valence-electron chi connectivity index (χ2n) is 6.83. The van der Waals surface area contributed by atoms with Gasteiger partial charge in [-0.25, -0.2) is 4.98 Å². The van der Waals surface area contributed by atoms with Gasteiger partial charge in [-0.3, -0.25) is 14.9 Å². The third-order valence-electron chi connectivity index (χ3n) is 2.73. The predicted molar refractivity (Wildman–Crippen MR) is 81.5 cm³/mol. The van der Waals surface area contributed by atoms with Gasteiger partial charge in [0.15, 0.2) is 0 Å². The molecule has 0 aliphatic rings. The molecule has 1 rings (SSSR count). The van der Waals surface area contributed by atoms with E-state index in [1.807, 2.05) is 13.8 Å². The van der Waals surface area contributed by atoms with Crippen LogP contribution in [0.15, 0.2) is 12.3 Å². The molecule has 7 heteroatoms. The summed E-state index contributed by atoms with van der Waals surface area (Å²) in [7, 11) is 0. The van der Waals surface area contributed by atoms with E-state index in [1.54, 1.807) is 0 Å². The average molecular weight is 314 g/mol. The maximum atomic E-state index is 12.3. The van der Waals surface area contributed by atoms with E-state index in [0.717, 1.165) is 6.42 Å². The Morgan fingerprint density at radius 1 is 1.38 bits per heavy atom. The first-order valence-corrected chi connectivity index (χ1v) is 6.92. The highest BCUT2D eigenvalue weighted by molar-refractivity contribution is 6.32. The fourth-order valence-corrected chi connectivity index (χ4v) is 2.76.